The molecule has 7 nitrogen and oxygen atoms in total. The average molecular weight is 425 g/mol. The van der Waals surface area contributed by atoms with Crippen LogP contribution in [0.25, 0.3) is 10.9 Å². The largest absolute Gasteiger partial charge is 0.456 e. The van der Waals surface area contributed by atoms with Gasteiger partial charge in [-0.2, -0.15) is 0 Å². The molecule has 0 N–H and O–H groups in total. The monoisotopic (exact) mass is 425 g/mol. The van der Waals surface area contributed by atoms with Gasteiger partial charge in [0.15, 0.2) is 6.61 Å². The van der Waals surface area contributed by atoms with E-state index in [9.17, 15) is 18.8 Å². The molecule has 0 saturated heterocycles. The molecule has 1 atom stereocenters. The van der Waals surface area contributed by atoms with Crippen molar-refractivity contribution >= 4 is 22.8 Å². The standard InChI is InChI=1S/C23H24FN3O4/c1-15(17-8-10-18(24)11-9-17)26(3)21(28)14-31-22(29)12-13-27-16(2)25-20-7-5-4-6-19(20)23(27)30/h4-11,15H,12-14H2,1-3H3/t15-/m0/s1. The maximum Gasteiger partial charge on any atom is 0.308 e. The highest BCUT2D eigenvalue weighted by Crippen LogP contribution is 2.19. The number of benzene rings is 2. The van der Waals surface area contributed by atoms with Crippen LogP contribution >= 0.6 is 0 Å². The molecule has 2 aromatic carbocycles. The fourth-order valence-corrected chi connectivity index (χ4v) is 3.24. The van der Waals surface area contributed by atoms with Crippen LogP contribution in [-0.4, -0.2) is 40.0 Å². The molecule has 0 fully saturated rings. The highest BCUT2D eigenvalue weighted by atomic mass is 19.1. The second kappa shape index (κ2) is 9.51. The predicted molar refractivity (Wildman–Crippen MR) is 114 cm³/mol. The second-order valence-corrected chi connectivity index (χ2v) is 7.28. The molecule has 0 aliphatic carbocycles. The highest BCUT2D eigenvalue weighted by molar-refractivity contribution is 5.81. The number of amides is 1. The third kappa shape index (κ3) is 5.14. The number of para-hydroxylation sites is 1. The number of halogens is 1. The molecular weight excluding hydrogens is 401 g/mol. The molecule has 8 heteroatoms. The van der Waals surface area contributed by atoms with Crippen molar-refractivity contribution in [3.8, 4) is 0 Å². The van der Waals surface area contributed by atoms with Crippen molar-refractivity contribution in [2.75, 3.05) is 13.7 Å². The number of esters is 1. The van der Waals surface area contributed by atoms with Crippen molar-refractivity contribution in [2.45, 2.75) is 32.9 Å². The van der Waals surface area contributed by atoms with E-state index in [1.165, 1.54) is 21.6 Å². The first kappa shape index (κ1) is 22.1. The van der Waals surface area contributed by atoms with Crippen LogP contribution < -0.4 is 5.56 Å². The fourth-order valence-electron chi connectivity index (χ4n) is 3.24. The van der Waals surface area contributed by atoms with Crippen molar-refractivity contribution < 1.29 is 18.7 Å². The minimum Gasteiger partial charge on any atom is -0.456 e. The Kier molecular flexibility index (Phi) is 6.79. The van der Waals surface area contributed by atoms with E-state index in [0.29, 0.717) is 16.7 Å². The first-order chi connectivity index (χ1) is 14.8. The summed E-state index contributed by atoms with van der Waals surface area (Å²) in [4.78, 5) is 43.0. The summed E-state index contributed by atoms with van der Waals surface area (Å²) < 4.78 is 19.6. The molecule has 0 saturated carbocycles. The Labute approximate surface area is 179 Å². The highest BCUT2D eigenvalue weighted by Gasteiger charge is 2.19. The van der Waals surface area contributed by atoms with Crippen LogP contribution in [-0.2, 0) is 20.9 Å². The molecule has 0 spiro atoms. The average Bonchev–Trinajstić information content (AvgIpc) is 2.76. The van der Waals surface area contributed by atoms with Gasteiger partial charge in [-0.1, -0.05) is 24.3 Å². The summed E-state index contributed by atoms with van der Waals surface area (Å²) in [5, 5.41) is 0.480. The molecule has 1 aromatic heterocycles. The van der Waals surface area contributed by atoms with E-state index in [1.807, 2.05) is 0 Å². The van der Waals surface area contributed by atoms with Crippen molar-refractivity contribution in [3.05, 3.63) is 76.1 Å². The lowest BCUT2D eigenvalue weighted by molar-refractivity contribution is -0.152. The molecule has 0 aliphatic rings. The van der Waals surface area contributed by atoms with Crippen molar-refractivity contribution in [2.24, 2.45) is 0 Å². The van der Waals surface area contributed by atoms with Gasteiger partial charge in [0.2, 0.25) is 0 Å². The van der Waals surface area contributed by atoms with Crippen LogP contribution in [0.15, 0.2) is 53.3 Å². The number of carbonyl (C=O) groups excluding carboxylic acids is 2. The molecule has 1 amide bonds. The molecule has 1 heterocycles. The quantitative estimate of drug-likeness (QED) is 0.544. The van der Waals surface area contributed by atoms with E-state index in [1.54, 1.807) is 57.3 Å². The lowest BCUT2D eigenvalue weighted by Crippen LogP contribution is -2.33. The van der Waals surface area contributed by atoms with Gasteiger partial charge < -0.3 is 9.64 Å². The number of ether oxygens (including phenoxy) is 1. The molecule has 31 heavy (non-hydrogen) atoms. The third-order valence-corrected chi connectivity index (χ3v) is 5.28. The number of aromatic nitrogens is 2. The zero-order chi connectivity index (χ0) is 22.5. The summed E-state index contributed by atoms with van der Waals surface area (Å²) in [6.07, 6.45) is -0.0642. The number of hydrogen-bond donors (Lipinski definition) is 0. The summed E-state index contributed by atoms with van der Waals surface area (Å²) in [6.45, 7) is 3.20. The van der Waals surface area contributed by atoms with Gasteiger partial charge in [0.25, 0.3) is 11.5 Å². The van der Waals surface area contributed by atoms with Crippen molar-refractivity contribution in [3.63, 3.8) is 0 Å². The molecule has 0 unspecified atom stereocenters. The topological polar surface area (TPSA) is 81.5 Å². The van der Waals surface area contributed by atoms with Crippen molar-refractivity contribution in [1.82, 2.24) is 14.5 Å². The minimum atomic E-state index is -0.587. The Bertz CT molecular complexity index is 1160. The summed E-state index contributed by atoms with van der Waals surface area (Å²) in [5.74, 6) is -0.822. The van der Waals surface area contributed by atoms with Crippen LogP contribution in [0.2, 0.25) is 0 Å². The van der Waals surface area contributed by atoms with E-state index >= 15 is 0 Å². The molecule has 0 bridgehead atoms. The number of likely N-dealkylation sites (N-methyl/N-ethyl adjacent to an activating group) is 1. The number of carbonyl (C=O) groups is 2. The summed E-state index contributed by atoms with van der Waals surface area (Å²) in [6, 6.07) is 12.6. The van der Waals surface area contributed by atoms with Gasteiger partial charge in [-0.3, -0.25) is 19.0 Å². The first-order valence-electron chi connectivity index (χ1n) is 9.91. The minimum absolute atomic E-state index is 0.0642. The van der Waals surface area contributed by atoms with Crippen LogP contribution in [0, 0.1) is 12.7 Å². The Hall–Kier alpha value is -3.55. The second-order valence-electron chi connectivity index (χ2n) is 7.28. The summed E-state index contributed by atoms with van der Waals surface area (Å²) in [5.41, 5.74) is 1.15. The Morgan fingerprint density at radius 3 is 2.55 bits per heavy atom. The summed E-state index contributed by atoms with van der Waals surface area (Å²) in [7, 11) is 1.59. The Morgan fingerprint density at radius 2 is 1.84 bits per heavy atom. The van der Waals surface area contributed by atoms with E-state index in [4.69, 9.17) is 4.74 Å². The lowest BCUT2D eigenvalue weighted by atomic mass is 10.1. The molecular formula is C23H24FN3O4. The van der Waals surface area contributed by atoms with Crippen LogP contribution in [0.5, 0.6) is 0 Å². The SMILES string of the molecule is Cc1nc2ccccc2c(=O)n1CCC(=O)OCC(=O)N(C)[C@@H](C)c1ccc(F)cc1. The van der Waals surface area contributed by atoms with E-state index in [-0.39, 0.29) is 36.3 Å². The predicted octanol–water partition coefficient (Wildman–Crippen LogP) is 3.00. The molecule has 162 valence electrons. The zero-order valence-electron chi connectivity index (χ0n) is 17.7. The van der Waals surface area contributed by atoms with Gasteiger partial charge in [-0.15, -0.1) is 0 Å². The normalized spacial score (nSPS) is 11.9. The number of rotatable bonds is 7. The van der Waals surface area contributed by atoms with E-state index < -0.39 is 12.6 Å². The molecule has 3 rings (SSSR count). The number of fused-ring (bicyclic) bond motifs is 1. The molecule has 3 aromatic rings. The van der Waals surface area contributed by atoms with Crippen LogP contribution in [0.1, 0.15) is 30.8 Å². The zero-order valence-corrected chi connectivity index (χ0v) is 17.7. The molecule has 0 radical (unpaired) electrons. The fraction of sp³-hybridized carbons (Fsp3) is 0.304. The summed E-state index contributed by atoms with van der Waals surface area (Å²) >= 11 is 0. The maximum absolute atomic E-state index is 13.1. The number of hydrogen-bond acceptors (Lipinski definition) is 5. The lowest BCUT2D eigenvalue weighted by Gasteiger charge is -2.25. The van der Waals surface area contributed by atoms with Gasteiger partial charge in [0.05, 0.1) is 23.4 Å². The Balaban J connectivity index is 1.55. The van der Waals surface area contributed by atoms with Gasteiger partial charge >= 0.3 is 5.97 Å². The van der Waals surface area contributed by atoms with Crippen LogP contribution in [0.4, 0.5) is 4.39 Å². The van der Waals surface area contributed by atoms with Gasteiger partial charge in [0.1, 0.15) is 11.6 Å². The van der Waals surface area contributed by atoms with E-state index in [0.717, 1.165) is 5.56 Å². The van der Waals surface area contributed by atoms with Gasteiger partial charge in [0, 0.05) is 13.6 Å². The first-order valence-corrected chi connectivity index (χ1v) is 9.91. The molecule has 0 aliphatic heterocycles. The van der Waals surface area contributed by atoms with Crippen molar-refractivity contribution in [1.29, 1.82) is 0 Å². The Morgan fingerprint density at radius 1 is 1.16 bits per heavy atom. The van der Waals surface area contributed by atoms with Crippen LogP contribution in [0.3, 0.4) is 0 Å². The van der Waals surface area contributed by atoms with Gasteiger partial charge in [-0.05, 0) is 43.7 Å². The smallest absolute Gasteiger partial charge is 0.308 e. The number of aryl methyl sites for hydroxylation is 1. The maximum atomic E-state index is 13.1. The van der Waals surface area contributed by atoms with Gasteiger partial charge in [-0.25, -0.2) is 9.37 Å². The number of nitrogens with zero attached hydrogens (tertiary/aromatic N) is 3. The third-order valence-electron chi connectivity index (χ3n) is 5.28. The van der Waals surface area contributed by atoms with E-state index in [2.05, 4.69) is 4.98 Å².